The van der Waals surface area contributed by atoms with Crippen molar-refractivity contribution in [3.63, 3.8) is 0 Å². The summed E-state index contributed by atoms with van der Waals surface area (Å²) in [6, 6.07) is 9.07. The van der Waals surface area contributed by atoms with Gasteiger partial charge in [0.1, 0.15) is 0 Å². The van der Waals surface area contributed by atoms with Crippen LogP contribution in [0.3, 0.4) is 0 Å². The molecule has 1 aromatic rings. The van der Waals surface area contributed by atoms with Crippen LogP contribution in [0.4, 0.5) is 5.69 Å². The molecule has 0 aliphatic carbocycles. The molecule has 1 atom stereocenters. The van der Waals surface area contributed by atoms with Gasteiger partial charge in [-0.25, -0.2) is 0 Å². The minimum Gasteiger partial charge on any atom is -0.395 e. The maximum absolute atomic E-state index is 12.6. The molecular formula is C19H29N3O2. The number of aliphatic hydroxyl groups is 1. The highest BCUT2D eigenvalue weighted by Gasteiger charge is 2.25. The summed E-state index contributed by atoms with van der Waals surface area (Å²) >= 11 is 0. The first kappa shape index (κ1) is 17.2. The highest BCUT2D eigenvalue weighted by Crippen LogP contribution is 2.30. The van der Waals surface area contributed by atoms with Crippen LogP contribution in [0.15, 0.2) is 24.3 Å². The van der Waals surface area contributed by atoms with Gasteiger partial charge in [0.2, 0.25) is 5.91 Å². The molecule has 1 fully saturated rings. The molecule has 2 heterocycles. The van der Waals surface area contributed by atoms with Crippen LogP contribution in [0.2, 0.25) is 0 Å². The van der Waals surface area contributed by atoms with Crippen molar-refractivity contribution in [2.24, 2.45) is 0 Å². The van der Waals surface area contributed by atoms with Crippen LogP contribution < -0.4 is 4.90 Å². The molecule has 2 aliphatic rings. The summed E-state index contributed by atoms with van der Waals surface area (Å²) in [4.78, 5) is 19.2. The zero-order valence-corrected chi connectivity index (χ0v) is 14.7. The maximum atomic E-state index is 12.6. The molecule has 0 spiro atoms. The van der Waals surface area contributed by atoms with E-state index in [1.807, 2.05) is 4.90 Å². The average Bonchev–Trinajstić information content (AvgIpc) is 2.61. The molecule has 0 aromatic heterocycles. The summed E-state index contributed by atoms with van der Waals surface area (Å²) in [5.74, 6) is 0.258. The number of carbonyl (C=O) groups is 1. The molecule has 0 bridgehead atoms. The summed E-state index contributed by atoms with van der Waals surface area (Å²) < 4.78 is 0. The number of rotatable bonds is 5. The lowest BCUT2D eigenvalue weighted by molar-refractivity contribution is -0.132. The van der Waals surface area contributed by atoms with E-state index in [1.54, 1.807) is 0 Å². The van der Waals surface area contributed by atoms with Crippen LogP contribution in [-0.2, 0) is 11.2 Å². The minimum atomic E-state index is 0.195. The summed E-state index contributed by atoms with van der Waals surface area (Å²) in [5, 5.41) is 9.00. The summed E-state index contributed by atoms with van der Waals surface area (Å²) in [5.41, 5.74) is 2.71. The van der Waals surface area contributed by atoms with Gasteiger partial charge in [0.05, 0.1) is 6.61 Å². The molecule has 1 saturated heterocycles. The number of β-amino-alcohol motifs (C(OH)–C–C–N with tert-alkyl or cyclic N) is 1. The Morgan fingerprint density at radius 1 is 1.17 bits per heavy atom. The summed E-state index contributed by atoms with van der Waals surface area (Å²) in [6.07, 6.45) is 2.87. The van der Waals surface area contributed by atoms with Gasteiger partial charge in [0.15, 0.2) is 0 Å². The smallest absolute Gasteiger partial charge is 0.224 e. The van der Waals surface area contributed by atoms with Crippen LogP contribution in [0.1, 0.15) is 25.3 Å². The van der Waals surface area contributed by atoms with Crippen LogP contribution in [0.25, 0.3) is 0 Å². The molecular weight excluding hydrogens is 302 g/mol. The highest BCUT2D eigenvalue weighted by molar-refractivity contribution is 5.77. The van der Waals surface area contributed by atoms with Crippen LogP contribution in [0, 0.1) is 0 Å². The number of aryl methyl sites for hydroxylation is 1. The normalized spacial score (nSPS) is 21.7. The van der Waals surface area contributed by atoms with Crippen molar-refractivity contribution in [1.29, 1.82) is 0 Å². The van der Waals surface area contributed by atoms with E-state index in [0.717, 1.165) is 45.6 Å². The Hall–Kier alpha value is -1.59. The number of amides is 1. The Morgan fingerprint density at radius 3 is 2.67 bits per heavy atom. The number of anilines is 1. The minimum absolute atomic E-state index is 0.195. The van der Waals surface area contributed by atoms with Gasteiger partial charge in [-0.15, -0.1) is 0 Å². The Balaban J connectivity index is 1.53. The predicted octanol–water partition coefficient (Wildman–Crippen LogP) is 1.35. The summed E-state index contributed by atoms with van der Waals surface area (Å²) in [6.45, 7) is 7.27. The molecule has 0 radical (unpaired) electrons. The van der Waals surface area contributed by atoms with E-state index in [1.165, 1.54) is 11.3 Å². The lowest BCUT2D eigenvalue weighted by Crippen LogP contribution is -2.50. The van der Waals surface area contributed by atoms with Crippen molar-refractivity contribution in [2.45, 2.75) is 32.2 Å². The fraction of sp³-hybridized carbons (Fsp3) is 0.632. The molecule has 1 unspecified atom stereocenters. The third kappa shape index (κ3) is 3.90. The summed E-state index contributed by atoms with van der Waals surface area (Å²) in [7, 11) is 0. The van der Waals surface area contributed by atoms with Crippen LogP contribution in [0.5, 0.6) is 0 Å². The van der Waals surface area contributed by atoms with E-state index in [4.69, 9.17) is 5.11 Å². The lowest BCUT2D eigenvalue weighted by atomic mass is 9.96. The number of piperazine rings is 1. The number of hydrogen-bond donors (Lipinski definition) is 1. The number of nitrogens with zero attached hydrogens (tertiary/aromatic N) is 3. The van der Waals surface area contributed by atoms with Gasteiger partial charge in [-0.05, 0) is 31.4 Å². The second-order valence-electron chi connectivity index (χ2n) is 6.91. The van der Waals surface area contributed by atoms with Crippen molar-refractivity contribution in [3.05, 3.63) is 29.8 Å². The fourth-order valence-corrected chi connectivity index (χ4v) is 3.84. The number of aliphatic hydroxyl groups excluding tert-OH is 1. The van der Waals surface area contributed by atoms with E-state index in [9.17, 15) is 4.79 Å². The van der Waals surface area contributed by atoms with Crippen molar-refractivity contribution in [3.8, 4) is 0 Å². The standard InChI is InChI=1S/C19H29N3O2/c1-16-6-7-17-4-2-3-5-18(17)22(16)9-8-19(24)21-12-10-20(11-13-21)14-15-23/h2-5,16,23H,6-15H2,1H3. The van der Waals surface area contributed by atoms with E-state index >= 15 is 0 Å². The Bertz CT molecular complexity index is 555. The molecule has 1 amide bonds. The molecule has 1 N–H and O–H groups in total. The second kappa shape index (κ2) is 7.99. The molecule has 132 valence electrons. The number of benzene rings is 1. The molecule has 5 nitrogen and oxygen atoms in total. The lowest BCUT2D eigenvalue weighted by Gasteiger charge is -2.38. The Kier molecular flexibility index (Phi) is 5.74. The van der Waals surface area contributed by atoms with Crippen LogP contribution in [-0.4, -0.2) is 72.7 Å². The van der Waals surface area contributed by atoms with Gasteiger partial charge in [-0.3, -0.25) is 9.69 Å². The SMILES string of the molecule is CC1CCc2ccccc2N1CCC(=O)N1CCN(CCO)CC1. The van der Waals surface area contributed by atoms with Gasteiger partial charge in [0, 0.05) is 57.4 Å². The number of carbonyl (C=O) groups excluding carboxylic acids is 1. The quantitative estimate of drug-likeness (QED) is 0.885. The molecule has 3 rings (SSSR count). The van der Waals surface area contributed by atoms with Crippen molar-refractivity contribution in [2.75, 3.05) is 50.8 Å². The van der Waals surface area contributed by atoms with E-state index in [-0.39, 0.29) is 12.5 Å². The molecule has 0 saturated carbocycles. The van der Waals surface area contributed by atoms with Crippen molar-refractivity contribution < 1.29 is 9.90 Å². The van der Waals surface area contributed by atoms with Crippen LogP contribution >= 0.6 is 0 Å². The van der Waals surface area contributed by atoms with Gasteiger partial charge in [0.25, 0.3) is 0 Å². The topological polar surface area (TPSA) is 47.0 Å². The number of hydrogen-bond acceptors (Lipinski definition) is 4. The van der Waals surface area contributed by atoms with Gasteiger partial charge >= 0.3 is 0 Å². The second-order valence-corrected chi connectivity index (χ2v) is 6.91. The van der Waals surface area contributed by atoms with Gasteiger partial charge in [-0.1, -0.05) is 18.2 Å². The Labute approximate surface area is 144 Å². The third-order valence-corrected chi connectivity index (χ3v) is 5.37. The largest absolute Gasteiger partial charge is 0.395 e. The molecule has 5 heteroatoms. The molecule has 2 aliphatic heterocycles. The maximum Gasteiger partial charge on any atom is 0.224 e. The molecule has 1 aromatic carbocycles. The van der Waals surface area contributed by atoms with E-state index < -0.39 is 0 Å². The first-order valence-corrected chi connectivity index (χ1v) is 9.14. The zero-order chi connectivity index (χ0) is 16.9. The fourth-order valence-electron chi connectivity index (χ4n) is 3.84. The predicted molar refractivity (Wildman–Crippen MR) is 96.3 cm³/mol. The average molecular weight is 331 g/mol. The number of fused-ring (bicyclic) bond motifs is 1. The first-order valence-electron chi connectivity index (χ1n) is 9.14. The highest BCUT2D eigenvalue weighted by atomic mass is 16.3. The first-order chi connectivity index (χ1) is 11.7. The van der Waals surface area contributed by atoms with Crippen molar-refractivity contribution in [1.82, 2.24) is 9.80 Å². The Morgan fingerprint density at radius 2 is 1.92 bits per heavy atom. The van der Waals surface area contributed by atoms with Crippen molar-refractivity contribution >= 4 is 11.6 Å². The van der Waals surface area contributed by atoms with Gasteiger partial charge in [-0.2, -0.15) is 0 Å². The van der Waals surface area contributed by atoms with Gasteiger partial charge < -0.3 is 14.9 Å². The third-order valence-electron chi connectivity index (χ3n) is 5.37. The van der Waals surface area contributed by atoms with E-state index in [0.29, 0.717) is 19.0 Å². The molecule has 24 heavy (non-hydrogen) atoms. The number of para-hydroxylation sites is 1. The zero-order valence-electron chi connectivity index (χ0n) is 14.7. The van der Waals surface area contributed by atoms with E-state index in [2.05, 4.69) is 41.0 Å². The monoisotopic (exact) mass is 331 g/mol.